The Labute approximate surface area is 235 Å². The molecule has 0 spiro atoms. The van der Waals surface area contributed by atoms with E-state index in [1.807, 2.05) is 40.1 Å². The van der Waals surface area contributed by atoms with Gasteiger partial charge in [-0.1, -0.05) is 28.1 Å². The van der Waals surface area contributed by atoms with Gasteiger partial charge in [0.15, 0.2) is 0 Å². The second-order valence-corrected chi connectivity index (χ2v) is 11.2. The first-order valence-corrected chi connectivity index (χ1v) is 14.2. The molecule has 0 N–H and O–H groups in total. The topological polar surface area (TPSA) is 44.6 Å². The monoisotopic (exact) mass is 593 g/mol. The lowest BCUT2D eigenvalue weighted by molar-refractivity contribution is -0.137. The van der Waals surface area contributed by atoms with Gasteiger partial charge < -0.3 is 9.80 Å². The Morgan fingerprint density at radius 2 is 1.62 bits per heavy atom. The second kappa shape index (κ2) is 11.1. The van der Waals surface area contributed by atoms with Crippen LogP contribution in [0, 0.1) is 17.6 Å². The summed E-state index contributed by atoms with van der Waals surface area (Å²) >= 11 is 3.53. The van der Waals surface area contributed by atoms with Crippen LogP contribution in [0.1, 0.15) is 18.7 Å². The number of piperidine rings is 1. The van der Waals surface area contributed by atoms with Crippen LogP contribution in [0.3, 0.4) is 0 Å². The zero-order valence-electron chi connectivity index (χ0n) is 21.6. The van der Waals surface area contributed by atoms with Crippen LogP contribution in [0.4, 0.5) is 14.5 Å². The summed E-state index contributed by atoms with van der Waals surface area (Å²) in [5, 5.41) is 0. The quantitative estimate of drug-likeness (QED) is 0.301. The van der Waals surface area contributed by atoms with E-state index in [0.717, 1.165) is 59.0 Å². The summed E-state index contributed by atoms with van der Waals surface area (Å²) < 4.78 is 30.7. The Balaban J connectivity index is 1.08. The third-order valence-corrected chi connectivity index (χ3v) is 8.39. The number of carbonyl (C=O) groups is 1. The first kappa shape index (κ1) is 26.0. The number of aromatic nitrogens is 2. The minimum Gasteiger partial charge on any atom is -0.366 e. The SMILES string of the molecule is O=C(C1CCN(Cc2nc3ccccc3n2-c2ccc(Br)cc2)CC1)N1CCN(c2ccc(F)cc2F)CC1. The lowest BCUT2D eigenvalue weighted by atomic mass is 9.95. The van der Waals surface area contributed by atoms with E-state index in [9.17, 15) is 13.6 Å². The molecule has 0 radical (unpaired) electrons. The number of rotatable bonds is 5. The summed E-state index contributed by atoms with van der Waals surface area (Å²) in [6, 6.07) is 20.1. The predicted molar refractivity (Wildman–Crippen MR) is 152 cm³/mol. The highest BCUT2D eigenvalue weighted by Crippen LogP contribution is 2.27. The van der Waals surface area contributed by atoms with Crippen LogP contribution in [-0.2, 0) is 11.3 Å². The minimum absolute atomic E-state index is 0.000600. The van der Waals surface area contributed by atoms with E-state index < -0.39 is 11.6 Å². The van der Waals surface area contributed by atoms with Gasteiger partial charge in [-0.2, -0.15) is 0 Å². The van der Waals surface area contributed by atoms with Crippen LogP contribution in [0.15, 0.2) is 71.2 Å². The van der Waals surface area contributed by atoms with Crippen LogP contribution in [0.25, 0.3) is 16.7 Å². The fourth-order valence-electron chi connectivity index (χ4n) is 5.76. The molecule has 1 aromatic heterocycles. The van der Waals surface area contributed by atoms with Crippen molar-refractivity contribution in [2.75, 3.05) is 44.2 Å². The van der Waals surface area contributed by atoms with Crippen molar-refractivity contribution in [3.05, 3.63) is 88.7 Å². The summed E-state index contributed by atoms with van der Waals surface area (Å²) in [6.45, 7) is 4.56. The van der Waals surface area contributed by atoms with Gasteiger partial charge >= 0.3 is 0 Å². The smallest absolute Gasteiger partial charge is 0.225 e. The molecule has 202 valence electrons. The van der Waals surface area contributed by atoms with Gasteiger partial charge in [0, 0.05) is 48.3 Å². The van der Waals surface area contributed by atoms with Crippen LogP contribution < -0.4 is 4.90 Å². The molecule has 0 bridgehead atoms. The van der Waals surface area contributed by atoms with Gasteiger partial charge in [-0.3, -0.25) is 14.3 Å². The van der Waals surface area contributed by atoms with Crippen molar-refractivity contribution in [1.29, 1.82) is 0 Å². The molecule has 0 saturated carbocycles. The van der Waals surface area contributed by atoms with E-state index in [1.165, 1.54) is 12.1 Å². The average Bonchev–Trinajstić information content (AvgIpc) is 3.31. The standard InChI is InChI=1S/C30H30BrF2N5O/c31-22-5-8-24(9-6-22)38-28-4-2-1-3-26(28)34-29(38)20-35-13-11-21(12-14-35)30(39)37-17-15-36(16-18-37)27-10-7-23(32)19-25(27)33/h1-10,19,21H,11-18,20H2. The van der Waals surface area contributed by atoms with Gasteiger partial charge in [-0.25, -0.2) is 13.8 Å². The van der Waals surface area contributed by atoms with Crippen molar-refractivity contribution in [2.24, 2.45) is 5.92 Å². The maximum Gasteiger partial charge on any atom is 0.225 e. The number of carbonyl (C=O) groups excluding carboxylic acids is 1. The molecule has 6 nitrogen and oxygen atoms in total. The van der Waals surface area contributed by atoms with Gasteiger partial charge in [-0.05, 0) is 74.5 Å². The predicted octanol–water partition coefficient (Wildman–Crippen LogP) is 5.63. The summed E-state index contributed by atoms with van der Waals surface area (Å²) in [5.41, 5.74) is 3.53. The largest absolute Gasteiger partial charge is 0.366 e. The van der Waals surface area contributed by atoms with Gasteiger partial charge in [0.25, 0.3) is 0 Å². The Bertz CT molecular complexity index is 1470. The van der Waals surface area contributed by atoms with E-state index in [0.29, 0.717) is 38.4 Å². The highest BCUT2D eigenvalue weighted by molar-refractivity contribution is 9.10. The van der Waals surface area contributed by atoms with Crippen molar-refractivity contribution in [2.45, 2.75) is 19.4 Å². The minimum atomic E-state index is -0.582. The van der Waals surface area contributed by atoms with Gasteiger partial charge in [0.05, 0.1) is 23.3 Å². The molecule has 3 heterocycles. The van der Waals surface area contributed by atoms with Crippen molar-refractivity contribution < 1.29 is 13.6 Å². The van der Waals surface area contributed by atoms with Crippen LogP contribution in [0.2, 0.25) is 0 Å². The molecular weight excluding hydrogens is 564 g/mol. The zero-order chi connectivity index (χ0) is 26.9. The third kappa shape index (κ3) is 5.43. The molecule has 0 aliphatic carbocycles. The first-order chi connectivity index (χ1) is 19.0. The summed E-state index contributed by atoms with van der Waals surface area (Å²) in [6.07, 6.45) is 1.62. The molecule has 4 aromatic rings. The molecule has 9 heteroatoms. The number of amides is 1. The summed E-state index contributed by atoms with van der Waals surface area (Å²) in [5.74, 6) is 0.0434. The number of hydrogen-bond acceptors (Lipinski definition) is 4. The van der Waals surface area contributed by atoms with E-state index >= 15 is 0 Å². The number of imidazole rings is 1. The third-order valence-electron chi connectivity index (χ3n) is 7.86. The number of para-hydroxylation sites is 2. The molecule has 2 aliphatic rings. The fraction of sp³-hybridized carbons (Fsp3) is 0.333. The van der Waals surface area contributed by atoms with Crippen molar-refractivity contribution in [3.8, 4) is 5.69 Å². The highest BCUT2D eigenvalue weighted by Gasteiger charge is 2.31. The Morgan fingerprint density at radius 1 is 0.897 bits per heavy atom. The molecule has 3 aromatic carbocycles. The van der Waals surface area contributed by atoms with Crippen molar-refractivity contribution in [3.63, 3.8) is 0 Å². The number of hydrogen-bond donors (Lipinski definition) is 0. The molecule has 0 atom stereocenters. The maximum absolute atomic E-state index is 14.2. The van der Waals surface area contributed by atoms with Crippen LogP contribution >= 0.6 is 15.9 Å². The number of nitrogens with zero attached hydrogens (tertiary/aromatic N) is 5. The van der Waals surface area contributed by atoms with Crippen LogP contribution in [-0.4, -0.2) is 64.5 Å². The van der Waals surface area contributed by atoms with E-state index in [2.05, 4.69) is 43.6 Å². The second-order valence-electron chi connectivity index (χ2n) is 10.3. The Morgan fingerprint density at radius 3 is 2.33 bits per heavy atom. The number of likely N-dealkylation sites (tertiary alicyclic amines) is 1. The first-order valence-electron chi connectivity index (χ1n) is 13.4. The number of benzene rings is 3. The Hall–Kier alpha value is -3.30. The lowest BCUT2D eigenvalue weighted by Gasteiger charge is -2.39. The average molecular weight is 595 g/mol. The molecule has 39 heavy (non-hydrogen) atoms. The fourth-order valence-corrected chi connectivity index (χ4v) is 6.03. The normalized spacial score (nSPS) is 17.2. The molecule has 6 rings (SSSR count). The number of piperazine rings is 1. The van der Waals surface area contributed by atoms with Gasteiger partial charge in [-0.15, -0.1) is 0 Å². The lowest BCUT2D eigenvalue weighted by Crippen LogP contribution is -2.51. The summed E-state index contributed by atoms with van der Waals surface area (Å²) in [7, 11) is 0. The molecule has 2 fully saturated rings. The molecule has 1 amide bonds. The van der Waals surface area contributed by atoms with Gasteiger partial charge in [0.2, 0.25) is 5.91 Å². The van der Waals surface area contributed by atoms with E-state index in [4.69, 9.17) is 4.98 Å². The zero-order valence-corrected chi connectivity index (χ0v) is 23.2. The summed E-state index contributed by atoms with van der Waals surface area (Å²) in [4.78, 5) is 24.4. The number of halogens is 3. The van der Waals surface area contributed by atoms with Crippen LogP contribution in [0.5, 0.6) is 0 Å². The van der Waals surface area contributed by atoms with E-state index in [1.54, 1.807) is 0 Å². The Kier molecular flexibility index (Phi) is 7.36. The number of anilines is 1. The van der Waals surface area contributed by atoms with Crippen molar-refractivity contribution in [1.82, 2.24) is 19.4 Å². The molecule has 2 saturated heterocycles. The highest BCUT2D eigenvalue weighted by atomic mass is 79.9. The molecule has 2 aliphatic heterocycles. The molecule has 0 unspecified atom stereocenters. The molecular formula is C30H30BrF2N5O. The van der Waals surface area contributed by atoms with Gasteiger partial charge in [0.1, 0.15) is 17.5 Å². The van der Waals surface area contributed by atoms with E-state index in [-0.39, 0.29) is 11.8 Å². The number of fused-ring (bicyclic) bond motifs is 1. The van der Waals surface area contributed by atoms with Crippen molar-refractivity contribution >= 4 is 38.6 Å². The maximum atomic E-state index is 14.2.